The molecule has 2 heterocycles. The van der Waals surface area contributed by atoms with Crippen LogP contribution in [0.4, 0.5) is 16.3 Å². The number of aromatic nitrogens is 2. The molecule has 0 radical (unpaired) electrons. The summed E-state index contributed by atoms with van der Waals surface area (Å²) in [7, 11) is 2.93. The van der Waals surface area contributed by atoms with Crippen LogP contribution in [0.5, 0.6) is 5.75 Å². The van der Waals surface area contributed by atoms with Crippen LogP contribution in [0.3, 0.4) is 0 Å². The second-order valence-corrected chi connectivity index (χ2v) is 7.81. The highest BCUT2D eigenvalue weighted by Gasteiger charge is 2.33. The van der Waals surface area contributed by atoms with Crippen molar-refractivity contribution in [3.8, 4) is 5.75 Å². The first-order valence-electron chi connectivity index (χ1n) is 10.2. The Labute approximate surface area is 182 Å². The summed E-state index contributed by atoms with van der Waals surface area (Å²) in [4.78, 5) is 37.1. The van der Waals surface area contributed by atoms with Crippen molar-refractivity contribution in [2.24, 2.45) is 5.92 Å². The normalized spacial score (nSPS) is 16.3. The van der Waals surface area contributed by atoms with Crippen molar-refractivity contribution in [1.82, 2.24) is 14.9 Å². The lowest BCUT2D eigenvalue weighted by atomic mass is 10.00. The van der Waals surface area contributed by atoms with Crippen molar-refractivity contribution in [2.45, 2.75) is 26.8 Å². The van der Waals surface area contributed by atoms with Gasteiger partial charge in [0.05, 0.1) is 32.7 Å². The zero-order valence-electron chi connectivity index (χ0n) is 18.6. The predicted molar refractivity (Wildman–Crippen MR) is 118 cm³/mol. The lowest BCUT2D eigenvalue weighted by Crippen LogP contribution is -2.58. The number of carbonyl (C=O) groups is 2. The maximum atomic E-state index is 13.1. The van der Waals surface area contributed by atoms with E-state index in [2.05, 4.69) is 38.8 Å². The molecule has 1 saturated heterocycles. The van der Waals surface area contributed by atoms with E-state index in [9.17, 15) is 9.59 Å². The molecule has 1 unspecified atom stereocenters. The first-order chi connectivity index (χ1) is 14.8. The number of esters is 1. The van der Waals surface area contributed by atoms with Gasteiger partial charge in [0, 0.05) is 25.3 Å². The fourth-order valence-electron chi connectivity index (χ4n) is 3.63. The van der Waals surface area contributed by atoms with Crippen molar-refractivity contribution in [3.63, 3.8) is 0 Å². The van der Waals surface area contributed by atoms with Crippen LogP contribution < -0.4 is 15.0 Å². The van der Waals surface area contributed by atoms with Gasteiger partial charge in [-0.05, 0) is 36.6 Å². The van der Waals surface area contributed by atoms with Gasteiger partial charge in [-0.2, -0.15) is 0 Å². The second-order valence-electron chi connectivity index (χ2n) is 7.81. The third-order valence-electron chi connectivity index (χ3n) is 5.48. The molecule has 1 N–H and O–H groups in total. The summed E-state index contributed by atoms with van der Waals surface area (Å²) in [5.74, 6) is 1.15. The summed E-state index contributed by atoms with van der Waals surface area (Å²) in [6.07, 6.45) is 2.98. The summed E-state index contributed by atoms with van der Waals surface area (Å²) in [5.41, 5.74) is 1.87. The minimum absolute atomic E-state index is 0.00520. The SMILES string of the molecule is COC(=O)c1cnc(N2CCN(C(=O)Nc3ccc(OC)cc3C)C(C(C)C)C2)cn1. The van der Waals surface area contributed by atoms with Gasteiger partial charge >= 0.3 is 12.0 Å². The fraction of sp³-hybridized carbons (Fsp3) is 0.455. The average molecular weight is 428 g/mol. The third kappa shape index (κ3) is 5.04. The number of hydrogen-bond acceptors (Lipinski definition) is 7. The minimum Gasteiger partial charge on any atom is -0.497 e. The van der Waals surface area contributed by atoms with Crippen molar-refractivity contribution in [3.05, 3.63) is 41.9 Å². The van der Waals surface area contributed by atoms with Crippen LogP contribution in [-0.4, -0.2) is 66.8 Å². The summed E-state index contributed by atoms with van der Waals surface area (Å²) < 4.78 is 9.90. The van der Waals surface area contributed by atoms with Crippen LogP contribution >= 0.6 is 0 Å². The second kappa shape index (κ2) is 9.63. The molecular weight excluding hydrogens is 398 g/mol. The monoisotopic (exact) mass is 427 g/mol. The van der Waals surface area contributed by atoms with Crippen molar-refractivity contribution in [2.75, 3.05) is 44.1 Å². The summed E-state index contributed by atoms with van der Waals surface area (Å²) >= 11 is 0. The van der Waals surface area contributed by atoms with Gasteiger partial charge in [0.1, 0.15) is 11.6 Å². The Morgan fingerprint density at radius 1 is 1.16 bits per heavy atom. The maximum absolute atomic E-state index is 13.1. The molecule has 9 nitrogen and oxygen atoms in total. The molecule has 166 valence electrons. The van der Waals surface area contributed by atoms with Crippen LogP contribution in [0.1, 0.15) is 29.9 Å². The molecule has 1 aliphatic heterocycles. The van der Waals surface area contributed by atoms with E-state index in [0.717, 1.165) is 17.0 Å². The van der Waals surface area contributed by atoms with E-state index in [-0.39, 0.29) is 23.7 Å². The Balaban J connectivity index is 1.71. The summed E-state index contributed by atoms with van der Waals surface area (Å²) in [5, 5.41) is 3.03. The number of ether oxygens (including phenoxy) is 2. The Morgan fingerprint density at radius 2 is 1.94 bits per heavy atom. The summed E-state index contributed by atoms with van der Waals surface area (Å²) in [6, 6.07) is 5.44. The third-order valence-corrected chi connectivity index (χ3v) is 5.48. The van der Waals surface area contributed by atoms with Gasteiger partial charge < -0.3 is 24.6 Å². The number of benzene rings is 1. The van der Waals surface area contributed by atoms with E-state index in [4.69, 9.17) is 4.74 Å². The first kappa shape index (κ1) is 22.3. The average Bonchev–Trinajstić information content (AvgIpc) is 2.79. The van der Waals surface area contributed by atoms with E-state index in [1.54, 1.807) is 13.3 Å². The van der Waals surface area contributed by atoms with Crippen LogP contribution in [0.15, 0.2) is 30.6 Å². The highest BCUT2D eigenvalue weighted by molar-refractivity contribution is 5.90. The van der Waals surface area contributed by atoms with Crippen LogP contribution in [0.2, 0.25) is 0 Å². The number of amides is 2. The molecule has 3 rings (SSSR count). The molecule has 9 heteroatoms. The molecular formula is C22H29N5O4. The Kier molecular flexibility index (Phi) is 6.94. The lowest BCUT2D eigenvalue weighted by Gasteiger charge is -2.43. The number of piperazine rings is 1. The van der Waals surface area contributed by atoms with Gasteiger partial charge in [-0.1, -0.05) is 13.8 Å². The maximum Gasteiger partial charge on any atom is 0.358 e. The van der Waals surface area contributed by atoms with Crippen LogP contribution in [0, 0.1) is 12.8 Å². The Hall–Kier alpha value is -3.36. The summed E-state index contributed by atoms with van der Waals surface area (Å²) in [6.45, 7) is 7.92. The molecule has 1 aromatic heterocycles. The molecule has 1 aliphatic rings. The van der Waals surface area contributed by atoms with Crippen molar-refractivity contribution >= 4 is 23.5 Å². The topological polar surface area (TPSA) is 96.9 Å². The number of urea groups is 1. The number of carbonyl (C=O) groups excluding carboxylic acids is 2. The van der Waals surface area contributed by atoms with Crippen molar-refractivity contribution in [1.29, 1.82) is 0 Å². The zero-order valence-corrected chi connectivity index (χ0v) is 18.6. The highest BCUT2D eigenvalue weighted by Crippen LogP contribution is 2.25. The Bertz CT molecular complexity index is 932. The number of nitrogens with one attached hydrogen (secondary N) is 1. The molecule has 0 saturated carbocycles. The Morgan fingerprint density at radius 3 is 2.52 bits per heavy atom. The van der Waals surface area contributed by atoms with Crippen molar-refractivity contribution < 1.29 is 19.1 Å². The number of hydrogen-bond donors (Lipinski definition) is 1. The van der Waals surface area contributed by atoms with Gasteiger partial charge in [-0.15, -0.1) is 0 Å². The van der Waals surface area contributed by atoms with Gasteiger partial charge in [0.15, 0.2) is 5.69 Å². The molecule has 0 spiro atoms. The molecule has 0 bridgehead atoms. The number of aryl methyl sites for hydroxylation is 1. The van der Waals surface area contributed by atoms with Crippen LogP contribution in [-0.2, 0) is 4.74 Å². The van der Waals surface area contributed by atoms with E-state index < -0.39 is 5.97 Å². The first-order valence-corrected chi connectivity index (χ1v) is 10.2. The number of anilines is 2. The number of nitrogens with zero attached hydrogens (tertiary/aromatic N) is 4. The number of rotatable bonds is 5. The fourth-order valence-corrected chi connectivity index (χ4v) is 3.63. The molecule has 1 aromatic carbocycles. The van der Waals surface area contributed by atoms with Gasteiger partial charge in [0.25, 0.3) is 0 Å². The van der Waals surface area contributed by atoms with E-state index in [0.29, 0.717) is 25.5 Å². The van der Waals surface area contributed by atoms with E-state index in [1.165, 1.54) is 13.3 Å². The van der Waals surface area contributed by atoms with Crippen LogP contribution in [0.25, 0.3) is 0 Å². The van der Waals surface area contributed by atoms with Gasteiger partial charge in [-0.25, -0.2) is 19.6 Å². The quantitative estimate of drug-likeness (QED) is 0.733. The predicted octanol–water partition coefficient (Wildman–Crippen LogP) is 2.96. The van der Waals surface area contributed by atoms with Gasteiger partial charge in [-0.3, -0.25) is 0 Å². The minimum atomic E-state index is -0.519. The van der Waals surface area contributed by atoms with Gasteiger partial charge in [0.2, 0.25) is 0 Å². The lowest BCUT2D eigenvalue weighted by molar-refractivity contribution is 0.0593. The smallest absolute Gasteiger partial charge is 0.358 e. The molecule has 2 amide bonds. The highest BCUT2D eigenvalue weighted by atomic mass is 16.5. The van der Waals surface area contributed by atoms with E-state index in [1.807, 2.05) is 30.0 Å². The molecule has 31 heavy (non-hydrogen) atoms. The number of methoxy groups -OCH3 is 2. The molecule has 0 aliphatic carbocycles. The molecule has 1 atom stereocenters. The standard InChI is InChI=1S/C22H29N5O4/c1-14(2)19-13-26(20-12-23-18(11-24-20)21(28)31-5)8-9-27(19)22(29)25-17-7-6-16(30-4)10-15(17)3/h6-7,10-12,14,19H,8-9,13H2,1-5H3,(H,25,29). The molecule has 1 fully saturated rings. The van der Waals surface area contributed by atoms with E-state index >= 15 is 0 Å². The zero-order chi connectivity index (χ0) is 22.5. The largest absolute Gasteiger partial charge is 0.497 e. The molecule has 2 aromatic rings.